The maximum absolute atomic E-state index is 12.0. The average molecular weight is 318 g/mol. The quantitative estimate of drug-likeness (QED) is 0.491. The number of carbonyl (C=O) groups is 2. The minimum Gasteiger partial charge on any atom is -0.458 e. The van der Waals surface area contributed by atoms with E-state index in [4.69, 9.17) is 14.6 Å². The Kier molecular flexibility index (Phi) is 5.55. The topological polar surface area (TPSA) is 72.8 Å². The molecule has 1 saturated heterocycles. The molecule has 5 nitrogen and oxygen atoms in total. The van der Waals surface area contributed by atoms with Gasteiger partial charge < -0.3 is 14.6 Å². The van der Waals surface area contributed by atoms with E-state index in [1.807, 2.05) is 19.1 Å². The maximum Gasteiger partial charge on any atom is 0.336 e. The van der Waals surface area contributed by atoms with Crippen molar-refractivity contribution in [2.75, 3.05) is 6.61 Å². The van der Waals surface area contributed by atoms with Crippen LogP contribution in [0.25, 0.3) is 0 Å². The van der Waals surface area contributed by atoms with E-state index in [1.165, 1.54) is 0 Å². The number of allylic oxidation sites excluding steroid dienone is 2. The van der Waals surface area contributed by atoms with Crippen molar-refractivity contribution in [1.82, 2.24) is 0 Å². The van der Waals surface area contributed by atoms with Crippen LogP contribution >= 0.6 is 0 Å². The lowest BCUT2D eigenvalue weighted by Crippen LogP contribution is -2.33. The Morgan fingerprint density at radius 2 is 2.22 bits per heavy atom. The Balaban J connectivity index is 2.31. The third kappa shape index (κ3) is 3.99. The lowest BCUT2D eigenvalue weighted by atomic mass is 9.86. The highest BCUT2D eigenvalue weighted by molar-refractivity contribution is 5.92. The molecule has 3 unspecified atom stereocenters. The first-order chi connectivity index (χ1) is 10.9. The van der Waals surface area contributed by atoms with Crippen molar-refractivity contribution in [2.45, 2.75) is 38.4 Å². The minimum absolute atomic E-state index is 0.0216. The number of hydrogen-bond acceptors (Lipinski definition) is 5. The summed E-state index contributed by atoms with van der Waals surface area (Å²) in [5.41, 5.74) is 1.35. The van der Waals surface area contributed by atoms with Gasteiger partial charge in [-0.1, -0.05) is 30.9 Å². The predicted octanol–water partition coefficient (Wildman–Crippen LogP) is 2.23. The number of esters is 2. The van der Waals surface area contributed by atoms with Gasteiger partial charge in [0.1, 0.15) is 12.2 Å². The number of rotatable bonds is 3. The summed E-state index contributed by atoms with van der Waals surface area (Å²) in [6.45, 7) is 8.77. The minimum atomic E-state index is -0.669. The second-order valence-electron chi connectivity index (χ2n) is 5.89. The van der Waals surface area contributed by atoms with Gasteiger partial charge in [-0.05, 0) is 25.8 Å². The first kappa shape index (κ1) is 17.2. The van der Waals surface area contributed by atoms with Gasteiger partial charge in [-0.15, -0.1) is 0 Å². The Labute approximate surface area is 136 Å². The van der Waals surface area contributed by atoms with E-state index in [1.54, 1.807) is 0 Å². The summed E-state index contributed by atoms with van der Waals surface area (Å²) in [6.07, 6.45) is 7.02. The van der Waals surface area contributed by atoms with Crippen LogP contribution in [0.5, 0.6) is 0 Å². The molecule has 3 atom stereocenters. The maximum atomic E-state index is 12.0. The second-order valence-corrected chi connectivity index (χ2v) is 5.89. The van der Waals surface area contributed by atoms with Crippen molar-refractivity contribution < 1.29 is 24.2 Å². The van der Waals surface area contributed by atoms with Gasteiger partial charge in [0.05, 0.1) is 18.1 Å². The molecule has 1 aliphatic heterocycles. The third-order valence-corrected chi connectivity index (χ3v) is 4.08. The van der Waals surface area contributed by atoms with Gasteiger partial charge in [-0.25, -0.2) is 9.59 Å². The van der Waals surface area contributed by atoms with Crippen molar-refractivity contribution >= 4 is 11.9 Å². The van der Waals surface area contributed by atoms with E-state index >= 15 is 0 Å². The van der Waals surface area contributed by atoms with Crippen molar-refractivity contribution in [3.63, 3.8) is 0 Å². The zero-order valence-corrected chi connectivity index (χ0v) is 13.3. The number of ether oxygens (including phenoxy) is 2. The molecule has 0 saturated carbocycles. The standard InChI is InChI=1S/C18H22O5/c1-11-7-5-4-6-8-14-16(13(3)18(21)22-14)15(9-11)23-17(20)12(2)10-19/h6-8,14-16,19H,2-5,9-10H2,1H3. The van der Waals surface area contributed by atoms with Crippen LogP contribution in [0.4, 0.5) is 0 Å². The van der Waals surface area contributed by atoms with Gasteiger partial charge in [0.25, 0.3) is 0 Å². The molecule has 2 rings (SSSR count). The van der Waals surface area contributed by atoms with Gasteiger partial charge in [-0.3, -0.25) is 0 Å². The normalized spacial score (nSPS) is 27.7. The van der Waals surface area contributed by atoms with Gasteiger partial charge in [0.2, 0.25) is 0 Å². The van der Waals surface area contributed by atoms with Crippen LogP contribution in [0.15, 0.2) is 48.1 Å². The molecule has 1 fully saturated rings. The van der Waals surface area contributed by atoms with E-state index < -0.39 is 36.7 Å². The molecule has 2 aliphatic rings. The largest absolute Gasteiger partial charge is 0.458 e. The first-order valence-electron chi connectivity index (χ1n) is 7.65. The Bertz CT molecular complexity index is 584. The van der Waals surface area contributed by atoms with Gasteiger partial charge in [-0.2, -0.15) is 0 Å². The number of fused-ring (bicyclic) bond motifs is 1. The van der Waals surface area contributed by atoms with E-state index in [0.717, 1.165) is 18.4 Å². The van der Waals surface area contributed by atoms with Crippen LogP contribution in [-0.2, 0) is 19.1 Å². The highest BCUT2D eigenvalue weighted by atomic mass is 16.6. The molecule has 0 aromatic rings. The van der Waals surface area contributed by atoms with E-state index in [0.29, 0.717) is 12.0 Å². The van der Waals surface area contributed by atoms with Crippen molar-refractivity contribution in [1.29, 1.82) is 0 Å². The highest BCUT2D eigenvalue weighted by Gasteiger charge is 2.44. The highest BCUT2D eigenvalue weighted by Crippen LogP contribution is 2.35. The van der Waals surface area contributed by atoms with Crippen molar-refractivity contribution in [2.24, 2.45) is 5.92 Å². The fourth-order valence-corrected chi connectivity index (χ4v) is 2.79. The molecular formula is C18H22O5. The summed E-state index contributed by atoms with van der Waals surface area (Å²) in [4.78, 5) is 23.9. The van der Waals surface area contributed by atoms with E-state index in [9.17, 15) is 9.59 Å². The fourth-order valence-electron chi connectivity index (χ4n) is 2.79. The van der Waals surface area contributed by atoms with Crippen LogP contribution < -0.4 is 0 Å². The fraction of sp³-hybridized carbons (Fsp3) is 0.444. The summed E-state index contributed by atoms with van der Waals surface area (Å²) in [5, 5.41) is 9.03. The Morgan fingerprint density at radius 1 is 1.48 bits per heavy atom. The summed E-state index contributed by atoms with van der Waals surface area (Å²) in [5.74, 6) is -1.57. The van der Waals surface area contributed by atoms with E-state index in [-0.39, 0.29) is 5.57 Å². The number of hydrogen-bond donors (Lipinski definition) is 1. The molecule has 1 N–H and O–H groups in total. The molecule has 0 aromatic heterocycles. The van der Waals surface area contributed by atoms with Gasteiger partial charge in [0.15, 0.2) is 0 Å². The predicted molar refractivity (Wildman–Crippen MR) is 85.4 cm³/mol. The lowest BCUT2D eigenvalue weighted by Gasteiger charge is -2.27. The molecule has 0 aromatic carbocycles. The Morgan fingerprint density at radius 3 is 2.91 bits per heavy atom. The molecule has 23 heavy (non-hydrogen) atoms. The van der Waals surface area contributed by atoms with Crippen LogP contribution in [-0.4, -0.2) is 35.9 Å². The monoisotopic (exact) mass is 318 g/mol. The molecule has 0 spiro atoms. The van der Waals surface area contributed by atoms with Gasteiger partial charge in [0, 0.05) is 12.0 Å². The number of carbonyl (C=O) groups excluding carboxylic acids is 2. The Hall–Kier alpha value is -2.14. The van der Waals surface area contributed by atoms with Crippen molar-refractivity contribution in [3.8, 4) is 0 Å². The van der Waals surface area contributed by atoms with Gasteiger partial charge >= 0.3 is 11.9 Å². The molecule has 5 heteroatoms. The molecule has 0 bridgehead atoms. The number of aliphatic hydroxyl groups excluding tert-OH is 1. The zero-order valence-electron chi connectivity index (χ0n) is 13.3. The van der Waals surface area contributed by atoms with Crippen LogP contribution in [0.2, 0.25) is 0 Å². The molecule has 0 radical (unpaired) electrons. The molecule has 1 aliphatic carbocycles. The van der Waals surface area contributed by atoms with Crippen LogP contribution in [0, 0.1) is 5.92 Å². The summed E-state index contributed by atoms with van der Waals surface area (Å²) < 4.78 is 10.8. The molecule has 1 heterocycles. The smallest absolute Gasteiger partial charge is 0.336 e. The van der Waals surface area contributed by atoms with Crippen LogP contribution in [0.3, 0.4) is 0 Å². The number of aliphatic hydroxyl groups is 1. The molecule has 124 valence electrons. The van der Waals surface area contributed by atoms with Crippen molar-refractivity contribution in [3.05, 3.63) is 48.1 Å². The van der Waals surface area contributed by atoms with E-state index in [2.05, 4.69) is 19.2 Å². The summed E-state index contributed by atoms with van der Waals surface area (Å²) >= 11 is 0. The molecular weight excluding hydrogens is 296 g/mol. The first-order valence-corrected chi connectivity index (χ1v) is 7.65. The second kappa shape index (κ2) is 7.42. The summed E-state index contributed by atoms with van der Waals surface area (Å²) in [6, 6.07) is 0. The zero-order chi connectivity index (χ0) is 17.0. The summed E-state index contributed by atoms with van der Waals surface area (Å²) in [7, 11) is 0. The third-order valence-electron chi connectivity index (χ3n) is 4.08. The average Bonchev–Trinajstić information content (AvgIpc) is 2.80. The molecule has 0 amide bonds. The van der Waals surface area contributed by atoms with Crippen LogP contribution in [0.1, 0.15) is 26.2 Å². The SMILES string of the molecule is C=C(CO)C(=O)OC1CC(C)=CCCC=CC2OC(=O)C(=C)C21. The lowest BCUT2D eigenvalue weighted by molar-refractivity contribution is -0.147.